The number of rotatable bonds is 6. The SMILES string of the molecule is CCN(CCOC)C(=O)c1ccc(N)c(OC)c1. The van der Waals surface area contributed by atoms with Crippen molar-refractivity contribution in [1.29, 1.82) is 0 Å². The highest BCUT2D eigenvalue weighted by Crippen LogP contribution is 2.22. The summed E-state index contributed by atoms with van der Waals surface area (Å²) >= 11 is 0. The average molecular weight is 252 g/mol. The van der Waals surface area contributed by atoms with Crippen LogP contribution in [0, 0.1) is 0 Å². The van der Waals surface area contributed by atoms with Crippen LogP contribution in [-0.4, -0.2) is 44.7 Å². The highest BCUT2D eigenvalue weighted by molar-refractivity contribution is 5.95. The van der Waals surface area contributed by atoms with Gasteiger partial charge in [-0.3, -0.25) is 4.79 Å². The fourth-order valence-electron chi connectivity index (χ4n) is 1.63. The number of nitrogen functional groups attached to an aromatic ring is 1. The van der Waals surface area contributed by atoms with Crippen molar-refractivity contribution in [3.05, 3.63) is 23.8 Å². The van der Waals surface area contributed by atoms with Crippen LogP contribution in [0.3, 0.4) is 0 Å². The number of methoxy groups -OCH3 is 2. The Kier molecular flexibility index (Phi) is 5.45. The molecular formula is C13H20N2O3. The molecule has 5 heteroatoms. The fraction of sp³-hybridized carbons (Fsp3) is 0.462. The molecule has 1 aromatic rings. The average Bonchev–Trinajstić information content (AvgIpc) is 2.40. The molecule has 1 rings (SSSR count). The van der Waals surface area contributed by atoms with Crippen molar-refractivity contribution in [2.75, 3.05) is 39.6 Å². The number of anilines is 1. The predicted octanol–water partition coefficient (Wildman–Crippen LogP) is 1.39. The Morgan fingerprint density at radius 3 is 2.67 bits per heavy atom. The van der Waals surface area contributed by atoms with Gasteiger partial charge in [0.05, 0.1) is 19.4 Å². The van der Waals surface area contributed by atoms with Gasteiger partial charge in [-0.2, -0.15) is 0 Å². The molecule has 0 spiro atoms. The highest BCUT2D eigenvalue weighted by atomic mass is 16.5. The first-order valence-corrected chi connectivity index (χ1v) is 5.85. The normalized spacial score (nSPS) is 10.2. The third-order valence-electron chi connectivity index (χ3n) is 2.71. The molecule has 0 aliphatic heterocycles. The molecule has 0 aliphatic rings. The van der Waals surface area contributed by atoms with E-state index in [4.69, 9.17) is 15.2 Å². The monoisotopic (exact) mass is 252 g/mol. The lowest BCUT2D eigenvalue weighted by Gasteiger charge is -2.20. The molecular weight excluding hydrogens is 232 g/mol. The smallest absolute Gasteiger partial charge is 0.254 e. The third-order valence-corrected chi connectivity index (χ3v) is 2.71. The maximum absolute atomic E-state index is 12.2. The molecule has 1 aromatic carbocycles. The Bertz CT molecular complexity index is 407. The van der Waals surface area contributed by atoms with Crippen LogP contribution in [0.15, 0.2) is 18.2 Å². The van der Waals surface area contributed by atoms with E-state index < -0.39 is 0 Å². The Morgan fingerprint density at radius 1 is 1.39 bits per heavy atom. The number of likely N-dealkylation sites (N-methyl/N-ethyl adjacent to an activating group) is 1. The molecule has 1 amide bonds. The van der Waals surface area contributed by atoms with Crippen molar-refractivity contribution in [2.45, 2.75) is 6.92 Å². The van der Waals surface area contributed by atoms with E-state index in [2.05, 4.69) is 0 Å². The molecule has 0 atom stereocenters. The Labute approximate surface area is 107 Å². The summed E-state index contributed by atoms with van der Waals surface area (Å²) in [6, 6.07) is 5.04. The zero-order valence-corrected chi connectivity index (χ0v) is 11.1. The summed E-state index contributed by atoms with van der Waals surface area (Å²) in [6.45, 7) is 3.65. The van der Waals surface area contributed by atoms with Gasteiger partial charge in [-0.1, -0.05) is 0 Å². The maximum atomic E-state index is 12.2. The molecule has 18 heavy (non-hydrogen) atoms. The van der Waals surface area contributed by atoms with Crippen LogP contribution in [0.5, 0.6) is 5.75 Å². The zero-order valence-electron chi connectivity index (χ0n) is 11.1. The van der Waals surface area contributed by atoms with Crippen molar-refractivity contribution < 1.29 is 14.3 Å². The van der Waals surface area contributed by atoms with Crippen molar-refractivity contribution in [3.8, 4) is 5.75 Å². The molecule has 0 saturated heterocycles. The molecule has 100 valence electrons. The number of amides is 1. The van der Waals surface area contributed by atoms with Crippen LogP contribution < -0.4 is 10.5 Å². The molecule has 0 radical (unpaired) electrons. The van der Waals surface area contributed by atoms with Gasteiger partial charge in [0.2, 0.25) is 0 Å². The number of benzene rings is 1. The lowest BCUT2D eigenvalue weighted by molar-refractivity contribution is 0.0706. The standard InChI is InChI=1S/C13H20N2O3/c1-4-15(7-8-17-2)13(16)10-5-6-11(14)12(9-10)18-3/h5-6,9H,4,7-8,14H2,1-3H3. The third kappa shape index (κ3) is 3.37. The topological polar surface area (TPSA) is 64.8 Å². The minimum atomic E-state index is -0.0483. The second-order valence-corrected chi connectivity index (χ2v) is 3.83. The quantitative estimate of drug-likeness (QED) is 0.777. The van der Waals surface area contributed by atoms with E-state index in [-0.39, 0.29) is 5.91 Å². The number of hydrogen-bond acceptors (Lipinski definition) is 4. The second kappa shape index (κ2) is 6.86. The van der Waals surface area contributed by atoms with Gasteiger partial charge in [-0.05, 0) is 25.1 Å². The van der Waals surface area contributed by atoms with Crippen LogP contribution in [0.1, 0.15) is 17.3 Å². The summed E-state index contributed by atoms with van der Waals surface area (Å²) in [5.74, 6) is 0.469. The number of ether oxygens (including phenoxy) is 2. The van der Waals surface area contributed by atoms with E-state index in [1.54, 1.807) is 30.2 Å². The van der Waals surface area contributed by atoms with Gasteiger partial charge in [0.25, 0.3) is 5.91 Å². The molecule has 0 aromatic heterocycles. The van der Waals surface area contributed by atoms with Gasteiger partial charge in [0.15, 0.2) is 0 Å². The van der Waals surface area contributed by atoms with Gasteiger partial charge in [0.1, 0.15) is 5.75 Å². The fourth-order valence-corrected chi connectivity index (χ4v) is 1.63. The van der Waals surface area contributed by atoms with Crippen LogP contribution >= 0.6 is 0 Å². The Hall–Kier alpha value is -1.75. The van der Waals surface area contributed by atoms with Gasteiger partial charge in [-0.25, -0.2) is 0 Å². The van der Waals surface area contributed by atoms with E-state index in [0.717, 1.165) is 0 Å². The molecule has 0 unspecified atom stereocenters. The highest BCUT2D eigenvalue weighted by Gasteiger charge is 2.15. The summed E-state index contributed by atoms with van der Waals surface area (Å²) in [5, 5.41) is 0. The first kappa shape index (κ1) is 14.3. The zero-order chi connectivity index (χ0) is 13.5. The van der Waals surface area contributed by atoms with Crippen LogP contribution in [0.4, 0.5) is 5.69 Å². The minimum Gasteiger partial charge on any atom is -0.495 e. The van der Waals surface area contributed by atoms with E-state index in [1.807, 2.05) is 6.92 Å². The van der Waals surface area contributed by atoms with Crippen LogP contribution in [-0.2, 0) is 4.74 Å². The molecule has 5 nitrogen and oxygen atoms in total. The van der Waals surface area contributed by atoms with Gasteiger partial charge >= 0.3 is 0 Å². The summed E-state index contributed by atoms with van der Waals surface area (Å²) in [7, 11) is 3.15. The Morgan fingerprint density at radius 2 is 2.11 bits per heavy atom. The minimum absolute atomic E-state index is 0.0483. The van der Waals surface area contributed by atoms with E-state index in [1.165, 1.54) is 7.11 Å². The number of nitrogens with two attached hydrogens (primary N) is 1. The number of carbonyl (C=O) groups excluding carboxylic acids is 1. The molecule has 2 N–H and O–H groups in total. The van der Waals surface area contributed by atoms with Gasteiger partial charge in [0, 0.05) is 25.8 Å². The van der Waals surface area contributed by atoms with Crippen LogP contribution in [0.25, 0.3) is 0 Å². The van der Waals surface area contributed by atoms with Crippen molar-refractivity contribution in [1.82, 2.24) is 4.90 Å². The number of carbonyl (C=O) groups is 1. The summed E-state index contributed by atoms with van der Waals surface area (Å²) in [5.41, 5.74) is 6.81. The summed E-state index contributed by atoms with van der Waals surface area (Å²) < 4.78 is 10.1. The maximum Gasteiger partial charge on any atom is 0.254 e. The van der Waals surface area contributed by atoms with Crippen LogP contribution in [0.2, 0.25) is 0 Å². The first-order chi connectivity index (χ1) is 8.63. The molecule has 0 aliphatic carbocycles. The van der Waals surface area contributed by atoms with E-state index >= 15 is 0 Å². The predicted molar refractivity (Wildman–Crippen MR) is 70.9 cm³/mol. The first-order valence-electron chi connectivity index (χ1n) is 5.85. The summed E-state index contributed by atoms with van der Waals surface area (Å²) in [4.78, 5) is 14.0. The van der Waals surface area contributed by atoms with E-state index in [9.17, 15) is 4.79 Å². The number of nitrogens with zero attached hydrogens (tertiary/aromatic N) is 1. The molecule has 0 fully saturated rings. The summed E-state index contributed by atoms with van der Waals surface area (Å²) in [6.07, 6.45) is 0. The number of hydrogen-bond donors (Lipinski definition) is 1. The Balaban J connectivity index is 2.87. The second-order valence-electron chi connectivity index (χ2n) is 3.83. The van der Waals surface area contributed by atoms with Gasteiger partial charge < -0.3 is 20.1 Å². The van der Waals surface area contributed by atoms with Gasteiger partial charge in [-0.15, -0.1) is 0 Å². The molecule has 0 bridgehead atoms. The molecule has 0 heterocycles. The molecule has 0 saturated carbocycles. The van der Waals surface area contributed by atoms with E-state index in [0.29, 0.717) is 36.7 Å². The largest absolute Gasteiger partial charge is 0.495 e. The lowest BCUT2D eigenvalue weighted by atomic mass is 10.1. The van der Waals surface area contributed by atoms with Crippen molar-refractivity contribution in [2.24, 2.45) is 0 Å². The van der Waals surface area contributed by atoms with Crippen molar-refractivity contribution >= 4 is 11.6 Å². The lowest BCUT2D eigenvalue weighted by Crippen LogP contribution is -2.33. The van der Waals surface area contributed by atoms with Crippen molar-refractivity contribution in [3.63, 3.8) is 0 Å².